The number of hydrogen-bond acceptors (Lipinski definition) is 3. The van der Waals surface area contributed by atoms with Crippen molar-refractivity contribution < 1.29 is 0 Å². The van der Waals surface area contributed by atoms with Gasteiger partial charge in [0.15, 0.2) is 0 Å². The zero-order valence-corrected chi connectivity index (χ0v) is 8.53. The zero-order chi connectivity index (χ0) is 9.84. The van der Waals surface area contributed by atoms with E-state index in [1.54, 1.807) is 0 Å². The molecular weight excluding hydrogens is 162 g/mol. The maximum absolute atomic E-state index is 8.89. The molecule has 0 spiro atoms. The van der Waals surface area contributed by atoms with Gasteiger partial charge in [0.25, 0.3) is 0 Å². The molecule has 0 radical (unpaired) electrons. The summed E-state index contributed by atoms with van der Waals surface area (Å²) < 4.78 is 0. The van der Waals surface area contributed by atoms with Gasteiger partial charge in [0, 0.05) is 12.6 Å². The molecule has 1 aliphatic rings. The molecule has 3 atom stereocenters. The van der Waals surface area contributed by atoms with Crippen molar-refractivity contribution in [3.63, 3.8) is 0 Å². The Balaban J connectivity index is 2.45. The highest BCUT2D eigenvalue weighted by Crippen LogP contribution is 2.21. The normalized spacial score (nSPS) is 28.3. The van der Waals surface area contributed by atoms with Crippen molar-refractivity contribution in [2.45, 2.75) is 38.8 Å². The molecule has 0 bridgehead atoms. The third-order valence-corrected chi connectivity index (χ3v) is 2.98. The summed E-state index contributed by atoms with van der Waals surface area (Å²) in [5, 5.41) is 8.89. The smallest absolute Gasteiger partial charge is 0.0975 e. The molecule has 0 aliphatic carbocycles. The molecule has 3 unspecified atom stereocenters. The quantitative estimate of drug-likeness (QED) is 0.705. The molecule has 1 saturated heterocycles. The van der Waals surface area contributed by atoms with Gasteiger partial charge in [0.2, 0.25) is 0 Å². The van der Waals surface area contributed by atoms with Gasteiger partial charge in [0.05, 0.1) is 12.1 Å². The Morgan fingerprint density at radius 2 is 2.38 bits per heavy atom. The van der Waals surface area contributed by atoms with Crippen LogP contribution in [0.1, 0.15) is 26.7 Å². The van der Waals surface area contributed by atoms with Gasteiger partial charge in [-0.15, -0.1) is 0 Å². The highest BCUT2D eigenvalue weighted by molar-refractivity contribution is 4.95. The van der Waals surface area contributed by atoms with Crippen LogP contribution in [0, 0.1) is 17.2 Å². The van der Waals surface area contributed by atoms with E-state index in [0.29, 0.717) is 5.92 Å². The van der Waals surface area contributed by atoms with Crippen LogP contribution in [0.25, 0.3) is 0 Å². The van der Waals surface area contributed by atoms with Crippen molar-refractivity contribution in [3.05, 3.63) is 0 Å². The molecule has 74 valence electrons. The lowest BCUT2D eigenvalue weighted by Crippen LogP contribution is -2.34. The molecule has 2 N–H and O–H groups in total. The second-order valence-corrected chi connectivity index (χ2v) is 3.96. The van der Waals surface area contributed by atoms with Gasteiger partial charge in [0.1, 0.15) is 0 Å². The van der Waals surface area contributed by atoms with Gasteiger partial charge in [-0.1, -0.05) is 6.92 Å². The van der Waals surface area contributed by atoms with E-state index in [1.165, 1.54) is 0 Å². The van der Waals surface area contributed by atoms with Crippen LogP contribution < -0.4 is 5.73 Å². The fourth-order valence-corrected chi connectivity index (χ4v) is 1.96. The molecule has 13 heavy (non-hydrogen) atoms. The Labute approximate surface area is 80.5 Å². The SMILES string of the molecule is CCC(C#N)N1CCC(C(C)N)C1. The van der Waals surface area contributed by atoms with Crippen LogP contribution in [0.3, 0.4) is 0 Å². The molecule has 0 aromatic rings. The fourth-order valence-electron chi connectivity index (χ4n) is 1.96. The summed E-state index contributed by atoms with van der Waals surface area (Å²) >= 11 is 0. The number of hydrogen-bond donors (Lipinski definition) is 1. The van der Waals surface area contributed by atoms with Crippen LogP contribution in [0.4, 0.5) is 0 Å². The van der Waals surface area contributed by atoms with Crippen LogP contribution in [0.15, 0.2) is 0 Å². The average molecular weight is 181 g/mol. The minimum Gasteiger partial charge on any atom is -0.328 e. The molecule has 0 amide bonds. The first-order valence-electron chi connectivity index (χ1n) is 5.08. The Kier molecular flexibility index (Phi) is 3.71. The average Bonchev–Trinajstić information content (AvgIpc) is 2.56. The van der Waals surface area contributed by atoms with Crippen LogP contribution in [0.5, 0.6) is 0 Å². The monoisotopic (exact) mass is 181 g/mol. The number of nitrogens with two attached hydrogens (primary N) is 1. The molecule has 3 heteroatoms. The Hall–Kier alpha value is -0.590. The summed E-state index contributed by atoms with van der Waals surface area (Å²) in [6, 6.07) is 2.70. The van der Waals surface area contributed by atoms with E-state index in [-0.39, 0.29) is 12.1 Å². The van der Waals surface area contributed by atoms with E-state index in [9.17, 15) is 0 Å². The van der Waals surface area contributed by atoms with E-state index in [4.69, 9.17) is 11.0 Å². The van der Waals surface area contributed by atoms with Crippen LogP contribution in [0.2, 0.25) is 0 Å². The van der Waals surface area contributed by atoms with Gasteiger partial charge in [-0.05, 0) is 32.2 Å². The fraction of sp³-hybridized carbons (Fsp3) is 0.900. The topological polar surface area (TPSA) is 53.0 Å². The van der Waals surface area contributed by atoms with Crippen molar-refractivity contribution in [1.29, 1.82) is 5.26 Å². The van der Waals surface area contributed by atoms with E-state index in [0.717, 1.165) is 25.9 Å². The minimum atomic E-state index is 0.101. The first kappa shape index (κ1) is 10.5. The summed E-state index contributed by atoms with van der Waals surface area (Å²) in [6.45, 7) is 6.16. The first-order chi connectivity index (χ1) is 6.19. The maximum Gasteiger partial charge on any atom is 0.0975 e. The van der Waals surface area contributed by atoms with Gasteiger partial charge in [-0.3, -0.25) is 4.90 Å². The van der Waals surface area contributed by atoms with Crippen molar-refractivity contribution >= 4 is 0 Å². The van der Waals surface area contributed by atoms with E-state index >= 15 is 0 Å². The summed E-state index contributed by atoms with van der Waals surface area (Å²) in [5.41, 5.74) is 5.83. The number of likely N-dealkylation sites (tertiary alicyclic amines) is 1. The second kappa shape index (κ2) is 4.59. The molecule has 1 fully saturated rings. The lowest BCUT2D eigenvalue weighted by Gasteiger charge is -2.21. The number of rotatable bonds is 3. The number of nitriles is 1. The zero-order valence-electron chi connectivity index (χ0n) is 8.53. The van der Waals surface area contributed by atoms with Gasteiger partial charge >= 0.3 is 0 Å². The Bertz CT molecular complexity index is 195. The highest BCUT2D eigenvalue weighted by atomic mass is 15.2. The van der Waals surface area contributed by atoms with Crippen molar-refractivity contribution in [2.24, 2.45) is 11.7 Å². The molecule has 0 aromatic carbocycles. The highest BCUT2D eigenvalue weighted by Gasteiger charge is 2.28. The molecular formula is C10H19N3. The van der Waals surface area contributed by atoms with Crippen LogP contribution >= 0.6 is 0 Å². The molecule has 1 aliphatic heterocycles. The maximum atomic E-state index is 8.89. The largest absolute Gasteiger partial charge is 0.328 e. The molecule has 3 nitrogen and oxygen atoms in total. The molecule has 1 heterocycles. The van der Waals surface area contributed by atoms with Gasteiger partial charge in [-0.25, -0.2) is 0 Å². The van der Waals surface area contributed by atoms with Crippen LogP contribution in [-0.2, 0) is 0 Å². The van der Waals surface area contributed by atoms with Crippen LogP contribution in [-0.4, -0.2) is 30.1 Å². The summed E-state index contributed by atoms with van der Waals surface area (Å²) in [6.07, 6.45) is 2.07. The van der Waals surface area contributed by atoms with E-state index in [1.807, 2.05) is 0 Å². The third-order valence-electron chi connectivity index (χ3n) is 2.98. The predicted octanol–water partition coefficient (Wildman–Crippen LogP) is 0.958. The lowest BCUT2D eigenvalue weighted by atomic mass is 10.0. The summed E-state index contributed by atoms with van der Waals surface area (Å²) in [4.78, 5) is 2.26. The standard InChI is InChI=1S/C10H19N3/c1-3-10(6-11)13-5-4-9(7-13)8(2)12/h8-10H,3-5,7,12H2,1-2H3. The van der Waals surface area contributed by atoms with E-state index in [2.05, 4.69) is 24.8 Å². The van der Waals surface area contributed by atoms with Crippen molar-refractivity contribution in [3.8, 4) is 6.07 Å². The van der Waals surface area contributed by atoms with Crippen molar-refractivity contribution in [1.82, 2.24) is 4.90 Å². The summed E-state index contributed by atoms with van der Waals surface area (Å²) in [5.74, 6) is 0.586. The first-order valence-corrected chi connectivity index (χ1v) is 5.08. The van der Waals surface area contributed by atoms with Crippen molar-refractivity contribution in [2.75, 3.05) is 13.1 Å². The molecule has 0 saturated carbocycles. The Morgan fingerprint density at radius 3 is 2.77 bits per heavy atom. The van der Waals surface area contributed by atoms with Gasteiger partial charge in [-0.2, -0.15) is 5.26 Å². The number of nitrogens with zero attached hydrogens (tertiary/aromatic N) is 2. The predicted molar refractivity (Wildman–Crippen MR) is 53.0 cm³/mol. The van der Waals surface area contributed by atoms with Gasteiger partial charge < -0.3 is 5.73 Å². The Morgan fingerprint density at radius 1 is 1.69 bits per heavy atom. The minimum absolute atomic E-state index is 0.101. The molecule has 1 rings (SSSR count). The summed E-state index contributed by atoms with van der Waals surface area (Å²) in [7, 11) is 0. The second-order valence-electron chi connectivity index (χ2n) is 3.96. The lowest BCUT2D eigenvalue weighted by molar-refractivity contribution is 0.267. The third kappa shape index (κ3) is 2.43. The van der Waals surface area contributed by atoms with E-state index < -0.39 is 0 Å². The molecule has 0 aromatic heterocycles.